The number of aromatic amines is 1. The number of ether oxygens (including phenoxy) is 1. The van der Waals surface area contributed by atoms with E-state index in [4.69, 9.17) is 4.74 Å². The number of hydrogen-bond acceptors (Lipinski definition) is 2. The van der Waals surface area contributed by atoms with Crippen LogP contribution in [0.1, 0.15) is 42.7 Å². The predicted molar refractivity (Wildman–Crippen MR) is 76.2 cm³/mol. The molecule has 20 heavy (non-hydrogen) atoms. The number of aromatic nitrogens is 1. The average molecular weight is 275 g/mol. The highest BCUT2D eigenvalue weighted by Crippen LogP contribution is 2.30. The van der Waals surface area contributed by atoms with Crippen LogP contribution >= 0.6 is 0 Å². The molecule has 1 N–H and O–H groups in total. The van der Waals surface area contributed by atoms with Gasteiger partial charge in [-0.2, -0.15) is 0 Å². The van der Waals surface area contributed by atoms with E-state index in [0.717, 1.165) is 16.8 Å². The van der Waals surface area contributed by atoms with Crippen molar-refractivity contribution in [1.29, 1.82) is 0 Å². The lowest BCUT2D eigenvalue weighted by Crippen LogP contribution is -2.09. The fourth-order valence-corrected chi connectivity index (χ4v) is 2.17. The van der Waals surface area contributed by atoms with Crippen LogP contribution in [-0.4, -0.2) is 17.6 Å². The van der Waals surface area contributed by atoms with E-state index in [1.807, 2.05) is 13.8 Å². The number of carbonyl (C=O) groups is 1. The van der Waals surface area contributed by atoms with E-state index in [1.165, 1.54) is 12.1 Å². The van der Waals surface area contributed by atoms with Gasteiger partial charge in [0.05, 0.1) is 12.2 Å². The van der Waals surface area contributed by atoms with Crippen LogP contribution in [0, 0.1) is 5.82 Å². The molecule has 2 rings (SSSR count). The van der Waals surface area contributed by atoms with Gasteiger partial charge in [-0.15, -0.1) is 0 Å². The molecule has 106 valence electrons. The lowest BCUT2D eigenvalue weighted by atomic mass is 9.99. The first-order chi connectivity index (χ1) is 9.54. The summed E-state index contributed by atoms with van der Waals surface area (Å²) in [5.41, 5.74) is 2.90. The van der Waals surface area contributed by atoms with Crippen molar-refractivity contribution in [2.45, 2.75) is 26.7 Å². The fraction of sp³-hybridized carbons (Fsp3) is 0.312. The van der Waals surface area contributed by atoms with Gasteiger partial charge in [0, 0.05) is 17.5 Å². The lowest BCUT2D eigenvalue weighted by Gasteiger charge is -2.09. The van der Waals surface area contributed by atoms with Gasteiger partial charge in [-0.1, -0.05) is 26.0 Å². The second kappa shape index (κ2) is 5.90. The minimum Gasteiger partial charge on any atom is -0.462 e. The van der Waals surface area contributed by atoms with Gasteiger partial charge in [-0.3, -0.25) is 0 Å². The molecule has 0 saturated carbocycles. The Morgan fingerprint density at radius 3 is 2.50 bits per heavy atom. The highest BCUT2D eigenvalue weighted by Gasteiger charge is 2.22. The average Bonchev–Trinajstić information content (AvgIpc) is 2.84. The Hall–Kier alpha value is -2.10. The highest BCUT2D eigenvalue weighted by molar-refractivity contribution is 5.98. The van der Waals surface area contributed by atoms with Crippen molar-refractivity contribution in [3.05, 3.63) is 47.5 Å². The zero-order valence-corrected chi connectivity index (χ0v) is 11.9. The molecular weight excluding hydrogens is 257 g/mol. The van der Waals surface area contributed by atoms with Crippen molar-refractivity contribution < 1.29 is 13.9 Å². The number of H-pyrrole nitrogens is 1. The van der Waals surface area contributed by atoms with Crippen LogP contribution in [0.25, 0.3) is 11.1 Å². The molecule has 0 amide bonds. The topological polar surface area (TPSA) is 42.1 Å². The molecule has 0 aliphatic rings. The third-order valence-corrected chi connectivity index (χ3v) is 3.12. The summed E-state index contributed by atoms with van der Waals surface area (Å²) in [7, 11) is 0. The molecule has 0 radical (unpaired) electrons. The number of benzene rings is 1. The zero-order chi connectivity index (χ0) is 14.7. The molecule has 0 bridgehead atoms. The Labute approximate surface area is 117 Å². The molecular formula is C16H18FNO2. The first-order valence-electron chi connectivity index (χ1n) is 6.69. The zero-order valence-electron chi connectivity index (χ0n) is 11.9. The van der Waals surface area contributed by atoms with E-state index >= 15 is 0 Å². The molecule has 2 aromatic rings. The molecule has 0 unspecified atom stereocenters. The van der Waals surface area contributed by atoms with E-state index in [-0.39, 0.29) is 17.7 Å². The van der Waals surface area contributed by atoms with Crippen LogP contribution in [0.4, 0.5) is 4.39 Å². The minimum absolute atomic E-state index is 0.170. The molecule has 0 atom stereocenters. The molecule has 1 aromatic heterocycles. The summed E-state index contributed by atoms with van der Waals surface area (Å²) in [4.78, 5) is 15.3. The van der Waals surface area contributed by atoms with Crippen molar-refractivity contribution in [3.63, 3.8) is 0 Å². The number of rotatable bonds is 4. The summed E-state index contributed by atoms with van der Waals surface area (Å²) in [5.74, 6) is -0.480. The Morgan fingerprint density at radius 1 is 1.30 bits per heavy atom. The number of hydrogen-bond donors (Lipinski definition) is 1. The summed E-state index contributed by atoms with van der Waals surface area (Å²) in [6.07, 6.45) is 1.77. The van der Waals surface area contributed by atoms with Gasteiger partial charge in [0.25, 0.3) is 0 Å². The van der Waals surface area contributed by atoms with Crippen molar-refractivity contribution in [1.82, 2.24) is 4.98 Å². The molecule has 1 aromatic carbocycles. The molecule has 4 heteroatoms. The van der Waals surface area contributed by atoms with Crippen molar-refractivity contribution in [3.8, 4) is 11.1 Å². The molecule has 0 aliphatic carbocycles. The monoisotopic (exact) mass is 275 g/mol. The molecule has 3 nitrogen and oxygen atoms in total. The maximum Gasteiger partial charge on any atom is 0.340 e. The van der Waals surface area contributed by atoms with Gasteiger partial charge in [-0.25, -0.2) is 9.18 Å². The summed E-state index contributed by atoms with van der Waals surface area (Å²) in [5, 5.41) is 0. The first-order valence-corrected chi connectivity index (χ1v) is 6.69. The maximum absolute atomic E-state index is 13.0. The molecule has 1 heterocycles. The Balaban J connectivity index is 2.53. The second-order valence-electron chi connectivity index (χ2n) is 4.87. The largest absolute Gasteiger partial charge is 0.462 e. The first kappa shape index (κ1) is 14.3. The van der Waals surface area contributed by atoms with Gasteiger partial charge < -0.3 is 9.72 Å². The van der Waals surface area contributed by atoms with Gasteiger partial charge in [0.2, 0.25) is 0 Å². The number of esters is 1. The van der Waals surface area contributed by atoms with Gasteiger partial charge in [0.1, 0.15) is 5.82 Å². The van der Waals surface area contributed by atoms with E-state index < -0.39 is 0 Å². The predicted octanol–water partition coefficient (Wildman–Crippen LogP) is 4.12. The summed E-state index contributed by atoms with van der Waals surface area (Å²) in [6.45, 7) is 6.10. The van der Waals surface area contributed by atoms with Crippen LogP contribution in [0.3, 0.4) is 0 Å². The molecule has 0 fully saturated rings. The third-order valence-electron chi connectivity index (χ3n) is 3.12. The number of halogens is 1. The Kier molecular flexibility index (Phi) is 4.23. The highest BCUT2D eigenvalue weighted by atomic mass is 19.1. The van der Waals surface area contributed by atoms with E-state index in [1.54, 1.807) is 25.3 Å². The van der Waals surface area contributed by atoms with Gasteiger partial charge in [-0.05, 0) is 30.5 Å². The Morgan fingerprint density at radius 2 is 1.95 bits per heavy atom. The van der Waals surface area contributed by atoms with E-state index in [0.29, 0.717) is 12.2 Å². The molecule has 0 spiro atoms. The molecule has 0 saturated heterocycles. The normalized spacial score (nSPS) is 10.8. The summed E-state index contributed by atoms with van der Waals surface area (Å²) < 4.78 is 18.1. The number of carbonyl (C=O) groups excluding carboxylic acids is 1. The van der Waals surface area contributed by atoms with Crippen LogP contribution < -0.4 is 0 Å². The van der Waals surface area contributed by atoms with Crippen molar-refractivity contribution in [2.75, 3.05) is 6.61 Å². The van der Waals surface area contributed by atoms with Crippen molar-refractivity contribution >= 4 is 5.97 Å². The van der Waals surface area contributed by atoms with Crippen LogP contribution in [-0.2, 0) is 4.74 Å². The quantitative estimate of drug-likeness (QED) is 0.853. The third kappa shape index (κ3) is 2.74. The molecule has 0 aliphatic heterocycles. The van der Waals surface area contributed by atoms with E-state index in [9.17, 15) is 9.18 Å². The van der Waals surface area contributed by atoms with Crippen molar-refractivity contribution in [2.24, 2.45) is 0 Å². The smallest absolute Gasteiger partial charge is 0.340 e. The lowest BCUT2D eigenvalue weighted by molar-refractivity contribution is 0.0525. The van der Waals surface area contributed by atoms with Crippen LogP contribution in [0.15, 0.2) is 30.5 Å². The SMILES string of the molecule is CCOC(=O)c1c(-c2ccc(F)cc2)c[nH]c1C(C)C. The fourth-order valence-electron chi connectivity index (χ4n) is 2.17. The van der Waals surface area contributed by atoms with Crippen LogP contribution in [0.5, 0.6) is 0 Å². The second-order valence-corrected chi connectivity index (χ2v) is 4.87. The van der Waals surface area contributed by atoms with E-state index in [2.05, 4.69) is 4.98 Å². The summed E-state index contributed by atoms with van der Waals surface area (Å²) >= 11 is 0. The van der Waals surface area contributed by atoms with Gasteiger partial charge >= 0.3 is 5.97 Å². The summed E-state index contributed by atoms with van der Waals surface area (Å²) in [6, 6.07) is 6.08. The van der Waals surface area contributed by atoms with Crippen LogP contribution in [0.2, 0.25) is 0 Å². The Bertz CT molecular complexity index is 599. The minimum atomic E-state index is -0.350. The number of nitrogens with one attached hydrogen (secondary N) is 1. The maximum atomic E-state index is 13.0. The standard InChI is InChI=1S/C16H18FNO2/c1-4-20-16(19)14-13(9-18-15(14)10(2)3)11-5-7-12(17)8-6-11/h5-10,18H,4H2,1-3H3. The van der Waals surface area contributed by atoms with Gasteiger partial charge in [0.15, 0.2) is 0 Å².